The topological polar surface area (TPSA) is 708 Å². The number of benzene rings is 5. The summed E-state index contributed by atoms with van der Waals surface area (Å²) in [7, 11) is 0.140. The van der Waals surface area contributed by atoms with Crippen molar-refractivity contribution in [1.29, 1.82) is 0 Å². The second kappa shape index (κ2) is 57.4. The van der Waals surface area contributed by atoms with Crippen LogP contribution < -0.4 is 97.2 Å². The maximum atomic E-state index is 11.1. The summed E-state index contributed by atoms with van der Waals surface area (Å²) in [6.45, 7) is 2.99. The van der Waals surface area contributed by atoms with Crippen LogP contribution in [-0.2, 0) is 107 Å². The van der Waals surface area contributed by atoms with Gasteiger partial charge in [-0.05, 0) is 116 Å². The van der Waals surface area contributed by atoms with Crippen LogP contribution in [0.2, 0.25) is 0 Å². The standard InChI is InChI=1S/C16H21N4O2.C14H16N5O2.C14H18N5.C13H16N5O.C13H16N5.5CH4O4S/c1-19-8-2-3-15(13-19)18-17-14-4-6-16(7-5-14)20(9-11-21)10-12-22;1-17(2)12-6-7-13(14(9-12)19(20)21)16-15-11-5-4-8-18(3)10-11;1-18(2)12-6-7-14(13(15)9-12)17-16-11-5-4-8-19(3)10-11;1-18-5-3-4-9(8-18)16-17-12-7-13(19-2)11(15)6-10(12)14;1-9-6-13(12(15)7-11(9)14)17-16-10-4-3-5-18(2)8-10;5*1-6(3,4)5-2/h2-8,13,21-22H,9-12H2,1H3;4-10H,1-3H3;4-10H,15H2,1-3H3;3-8H,14-15H2,1-2H3;3-8H,14-15H2,1-2H3;5*2H,1H3/q5*+1;;;;;/p-5. The van der Waals surface area contributed by atoms with Gasteiger partial charge in [0, 0.05) is 106 Å². The molecule has 0 aliphatic rings. The first-order valence-electron chi connectivity index (χ1n) is 36.1. The maximum Gasteiger partial charge on any atom is 0.298 e. The largest absolute Gasteiger partial charge is 0.707 e. The van der Waals surface area contributed by atoms with E-state index < -0.39 is 55.5 Å². The lowest BCUT2D eigenvalue weighted by Crippen LogP contribution is -2.29. The minimum atomic E-state index is -3.72. The average molecular weight is 1900 g/mol. The molecule has 0 unspecified atom stereocenters. The third kappa shape index (κ3) is 51.2. The van der Waals surface area contributed by atoms with E-state index in [2.05, 4.69) is 72.8 Å². The molecule has 0 radical (unpaired) electrons. The molecule has 5 heterocycles. The number of aryl methyl sites for hydroxylation is 6. The lowest BCUT2D eigenvalue weighted by Gasteiger charge is -2.22. The van der Waals surface area contributed by atoms with E-state index >= 15 is 0 Å². The summed E-state index contributed by atoms with van der Waals surface area (Å²) in [4.78, 5) is 16.4. The highest BCUT2D eigenvalue weighted by Crippen LogP contribution is 2.36. The number of hydrogen-bond donors (Lipinski definition) is 7. The number of anilines is 8. The first-order chi connectivity index (χ1) is 60.2. The van der Waals surface area contributed by atoms with Crippen molar-refractivity contribution in [3.8, 4) is 5.75 Å². The van der Waals surface area contributed by atoms with Crippen molar-refractivity contribution in [2.45, 2.75) is 6.92 Å². The Morgan fingerprint density at radius 3 is 0.930 bits per heavy atom. The monoisotopic (exact) mass is 1900 g/mol. The summed E-state index contributed by atoms with van der Waals surface area (Å²) in [6.07, 6.45) is 22.3. The molecular weight excluding hydrogens is 1800 g/mol. The summed E-state index contributed by atoms with van der Waals surface area (Å²) in [5, 5.41) is 115. The zero-order valence-electron chi connectivity index (χ0n) is 72.7. The van der Waals surface area contributed by atoms with Crippen LogP contribution in [0.1, 0.15) is 5.56 Å². The fraction of sp³-hybridized carbons (Fsp3) is 0.267. The molecule has 0 aliphatic carbocycles. The van der Waals surface area contributed by atoms with Crippen molar-refractivity contribution < 1.29 is 133 Å². The molecule has 0 spiro atoms. The van der Waals surface area contributed by atoms with E-state index in [1.165, 1.54) is 6.07 Å². The van der Waals surface area contributed by atoms with Crippen LogP contribution in [0.4, 0.5) is 108 Å². The molecule has 0 atom stereocenters. The number of nitro benzene ring substituents is 1. The normalized spacial score (nSPS) is 11.1. The molecule has 0 saturated carbocycles. The third-order valence-corrected chi connectivity index (χ3v) is 15.8. The number of nitrogen functional groups attached to an aromatic ring is 5. The predicted octanol–water partition coefficient (Wildman–Crippen LogP) is 2.88. The minimum Gasteiger partial charge on any atom is -0.707 e. The number of nitrogens with two attached hydrogens (primary N) is 5. The third-order valence-electron chi connectivity index (χ3n) is 14.6. The number of methoxy groups -OCH3 is 1. The van der Waals surface area contributed by atoms with Crippen LogP contribution in [0.5, 0.6) is 5.75 Å². The summed E-state index contributed by atoms with van der Waals surface area (Å²) >= 11 is 0. The van der Waals surface area contributed by atoms with Crippen LogP contribution in [0, 0.1) is 17.0 Å². The zero-order valence-corrected chi connectivity index (χ0v) is 76.8. The molecule has 0 amide bonds. The minimum absolute atomic E-state index is 0.0481. The van der Waals surface area contributed by atoms with E-state index in [0.29, 0.717) is 101 Å². The Kier molecular flexibility index (Phi) is 50.6. The van der Waals surface area contributed by atoms with E-state index in [4.69, 9.17) is 69.9 Å². The van der Waals surface area contributed by atoms with Crippen LogP contribution in [0.3, 0.4) is 0 Å². The molecule has 5 aromatic heterocycles. The Hall–Kier alpha value is -13.3. The Morgan fingerprint density at radius 1 is 0.364 bits per heavy atom. The Labute approximate surface area is 745 Å². The van der Waals surface area contributed by atoms with Gasteiger partial charge in [-0.15, -0.1) is 46.0 Å². The van der Waals surface area contributed by atoms with E-state index in [-0.39, 0.29) is 24.6 Å². The second-order valence-electron chi connectivity index (χ2n) is 26.3. The Balaban J connectivity index is 0.000000746. The van der Waals surface area contributed by atoms with Crippen molar-refractivity contribution in [2.75, 3.05) is 136 Å². The first-order valence-corrected chi connectivity index (χ1v) is 45.2. The first kappa shape index (κ1) is 114. The fourth-order valence-corrected chi connectivity index (χ4v) is 8.67. The van der Waals surface area contributed by atoms with Gasteiger partial charge in [0.25, 0.3) is 56.3 Å². The number of nitro groups is 1. The van der Waals surface area contributed by atoms with Gasteiger partial charge in [-0.25, -0.2) is 64.9 Å². The molecule has 49 nitrogen and oxygen atoms in total. The zero-order chi connectivity index (χ0) is 98.0. The smallest absolute Gasteiger partial charge is 0.298 e. The number of pyridine rings is 5. The number of ether oxygens (including phenoxy) is 1. The quantitative estimate of drug-likeness (QED) is 0.0114. The average Bonchev–Trinajstić information content (AvgIpc) is 0.845. The molecule has 5 aromatic carbocycles. The molecule has 54 heteroatoms. The van der Waals surface area contributed by atoms with Crippen molar-refractivity contribution in [1.82, 2.24) is 0 Å². The second-order valence-corrected chi connectivity index (χ2v) is 34.1. The van der Waals surface area contributed by atoms with Gasteiger partial charge in [-0.1, -0.05) is 0 Å². The van der Waals surface area contributed by atoms with E-state index in [1.54, 1.807) is 54.6 Å². The van der Waals surface area contributed by atoms with E-state index in [9.17, 15) is 52.2 Å². The van der Waals surface area contributed by atoms with Gasteiger partial charge in [0.15, 0.2) is 67.7 Å². The molecule has 0 bridgehead atoms. The van der Waals surface area contributed by atoms with Crippen molar-refractivity contribution >= 4 is 159 Å². The highest BCUT2D eigenvalue weighted by atomic mass is 32.2. The Morgan fingerprint density at radius 2 is 0.636 bits per heavy atom. The van der Waals surface area contributed by atoms with Gasteiger partial charge in [0.05, 0.1) is 85.0 Å². The van der Waals surface area contributed by atoms with E-state index in [1.807, 2.05) is 262 Å². The van der Waals surface area contributed by atoms with Gasteiger partial charge in [-0.2, -0.15) is 5.11 Å². The van der Waals surface area contributed by atoms with Gasteiger partial charge in [-0.3, -0.25) is 10.1 Å². The number of rotatable bonds is 24. The molecule has 0 aliphatic heterocycles. The van der Waals surface area contributed by atoms with Crippen molar-refractivity contribution in [2.24, 2.45) is 86.4 Å². The predicted molar refractivity (Wildman–Crippen MR) is 466 cm³/mol. The van der Waals surface area contributed by atoms with Crippen LogP contribution in [-0.4, -0.2) is 150 Å². The molecule has 702 valence electrons. The van der Waals surface area contributed by atoms with Gasteiger partial charge in [0.2, 0.25) is 0 Å². The summed E-state index contributed by atoms with van der Waals surface area (Å²) in [5.41, 5.74) is 42.1. The molecule has 12 N–H and O–H groups in total. The van der Waals surface area contributed by atoms with Crippen LogP contribution in [0.25, 0.3) is 0 Å². The lowest BCUT2D eigenvalue weighted by atomic mass is 10.1. The fourth-order valence-electron chi connectivity index (χ4n) is 8.67. The molecule has 10 rings (SSSR count). The summed E-state index contributed by atoms with van der Waals surface area (Å²) in [6, 6.07) is 43.7. The summed E-state index contributed by atoms with van der Waals surface area (Å²) in [5.74, 6) is 0.529. The van der Waals surface area contributed by atoms with Gasteiger partial charge in [0.1, 0.15) is 86.5 Å². The Bertz CT molecular complexity index is 5780. The lowest BCUT2D eigenvalue weighted by molar-refractivity contribution is -0.671. The highest BCUT2D eigenvalue weighted by Gasteiger charge is 2.16. The van der Waals surface area contributed by atoms with Gasteiger partial charge >= 0.3 is 0 Å². The van der Waals surface area contributed by atoms with Crippen molar-refractivity contribution in [3.05, 3.63) is 223 Å². The number of nitrogens with zero attached hydrogens (tertiary/aromatic N) is 19. The number of azo groups is 5. The molecule has 129 heavy (non-hydrogen) atoms. The summed E-state index contributed by atoms with van der Waals surface area (Å²) < 4.78 is 123. The molecule has 0 fully saturated rings. The molecular formula is C75H102N24O25S5. The maximum absolute atomic E-state index is 11.1. The SMILES string of the molecule is CN(C)c1ccc(N=Nc2ccc[n+](C)c2)c(N)c1.CN(C)c1ccc(N=Nc2ccc[n+](C)c2)c([N+](=O)[O-])c1.COc1cc(N=Nc2ccc[n+](C)c2)c(N)cc1N.CS(=O)(=O)O[O-].CS(=O)(=O)O[O-].CS(=O)(=O)O[O-].CS(=O)(=O)O[O-].CS(=O)(=O)O[O-].C[n+]1cccc(N=Nc2ccc(N(CCO)CCO)cc2)c1.Cc1cc(N=Nc2ccc[n+](C)c2)c(N)cc1N. The molecule has 0 saturated heterocycles. The number of aromatic nitrogens is 5. The number of aliphatic hydroxyl groups is 2. The highest BCUT2D eigenvalue weighted by molar-refractivity contribution is 7.86. The van der Waals surface area contributed by atoms with Crippen LogP contribution in [0.15, 0.2) is 259 Å². The van der Waals surface area contributed by atoms with Crippen LogP contribution >= 0.6 is 0 Å². The number of hydrogen-bond acceptors (Lipinski definition) is 43. The van der Waals surface area contributed by atoms with E-state index in [0.717, 1.165) is 51.1 Å². The van der Waals surface area contributed by atoms with Crippen molar-refractivity contribution in [3.63, 3.8) is 0 Å². The number of aliphatic hydroxyl groups excluding tert-OH is 2. The molecule has 10 aromatic rings. The van der Waals surface area contributed by atoms with Gasteiger partial charge < -0.3 is 106 Å².